The average molecular weight is 402 g/mol. The summed E-state index contributed by atoms with van der Waals surface area (Å²) in [6.07, 6.45) is 4.79. The van der Waals surface area contributed by atoms with E-state index in [9.17, 15) is 4.79 Å². The molecule has 2 aromatic carbocycles. The lowest BCUT2D eigenvalue weighted by Crippen LogP contribution is -2.46. The maximum absolute atomic E-state index is 13.4. The molecule has 3 heterocycles. The van der Waals surface area contributed by atoms with Crippen LogP contribution in [0.3, 0.4) is 0 Å². The molecule has 5 nitrogen and oxygen atoms in total. The van der Waals surface area contributed by atoms with Crippen molar-refractivity contribution in [1.82, 2.24) is 9.88 Å². The zero-order chi connectivity index (χ0) is 20.5. The Labute approximate surface area is 177 Å². The highest BCUT2D eigenvalue weighted by molar-refractivity contribution is 5.93. The van der Waals surface area contributed by atoms with Crippen LogP contribution in [0.25, 0.3) is 10.9 Å². The molecule has 0 spiro atoms. The second kappa shape index (κ2) is 7.98. The van der Waals surface area contributed by atoms with E-state index in [0.717, 1.165) is 67.8 Å². The molecule has 0 aliphatic carbocycles. The molecule has 1 atom stereocenters. The number of carbonyl (C=O) groups is 1. The Morgan fingerprint density at radius 2 is 1.97 bits per heavy atom. The van der Waals surface area contributed by atoms with Gasteiger partial charge in [0, 0.05) is 43.4 Å². The van der Waals surface area contributed by atoms with Gasteiger partial charge in [-0.3, -0.25) is 9.78 Å². The molecule has 3 aromatic rings. The summed E-state index contributed by atoms with van der Waals surface area (Å²) in [4.78, 5) is 22.3. The fourth-order valence-corrected chi connectivity index (χ4v) is 4.85. The van der Waals surface area contributed by atoms with Gasteiger partial charge in [-0.05, 0) is 54.7 Å². The van der Waals surface area contributed by atoms with Crippen LogP contribution in [-0.4, -0.2) is 42.5 Å². The lowest BCUT2D eigenvalue weighted by molar-refractivity contribution is -0.136. The van der Waals surface area contributed by atoms with Crippen LogP contribution in [0.5, 0.6) is 5.75 Å². The zero-order valence-electron chi connectivity index (χ0n) is 17.4. The van der Waals surface area contributed by atoms with Gasteiger partial charge in [-0.2, -0.15) is 0 Å². The van der Waals surface area contributed by atoms with Gasteiger partial charge >= 0.3 is 0 Å². The van der Waals surface area contributed by atoms with Gasteiger partial charge in [0.05, 0.1) is 18.5 Å². The Morgan fingerprint density at radius 1 is 1.10 bits per heavy atom. The summed E-state index contributed by atoms with van der Waals surface area (Å²) in [7, 11) is 1.68. The lowest BCUT2D eigenvalue weighted by atomic mass is 9.93. The second-order valence-corrected chi connectivity index (χ2v) is 8.28. The Kier molecular flexibility index (Phi) is 5.03. The number of amides is 1. The predicted octanol–water partition coefficient (Wildman–Crippen LogP) is 4.04. The fourth-order valence-electron chi connectivity index (χ4n) is 4.85. The number of piperidine rings is 1. The Morgan fingerprint density at radius 3 is 2.83 bits per heavy atom. The maximum Gasteiger partial charge on any atom is 0.227 e. The van der Waals surface area contributed by atoms with Crippen LogP contribution in [-0.2, 0) is 17.8 Å². The normalized spacial score (nSPS) is 18.9. The molecule has 1 fully saturated rings. The minimum Gasteiger partial charge on any atom is -0.497 e. The molecule has 0 N–H and O–H groups in total. The van der Waals surface area contributed by atoms with E-state index in [1.54, 1.807) is 7.11 Å². The van der Waals surface area contributed by atoms with E-state index in [2.05, 4.69) is 45.1 Å². The molecule has 0 bridgehead atoms. The first kappa shape index (κ1) is 18.9. The van der Waals surface area contributed by atoms with Gasteiger partial charge in [-0.1, -0.05) is 24.3 Å². The third-order valence-electron chi connectivity index (χ3n) is 6.48. The van der Waals surface area contributed by atoms with E-state index in [-0.39, 0.29) is 5.92 Å². The van der Waals surface area contributed by atoms with Crippen molar-refractivity contribution in [3.8, 4) is 5.75 Å². The number of benzene rings is 2. The quantitative estimate of drug-likeness (QED) is 0.664. The van der Waals surface area contributed by atoms with Crippen molar-refractivity contribution in [2.45, 2.75) is 25.8 Å². The smallest absolute Gasteiger partial charge is 0.227 e. The van der Waals surface area contributed by atoms with Crippen molar-refractivity contribution in [1.29, 1.82) is 0 Å². The van der Waals surface area contributed by atoms with Crippen LogP contribution in [0.2, 0.25) is 0 Å². The summed E-state index contributed by atoms with van der Waals surface area (Å²) in [6.45, 7) is 3.28. The van der Waals surface area contributed by atoms with E-state index in [0.29, 0.717) is 5.91 Å². The van der Waals surface area contributed by atoms with E-state index < -0.39 is 0 Å². The van der Waals surface area contributed by atoms with E-state index >= 15 is 0 Å². The van der Waals surface area contributed by atoms with Gasteiger partial charge in [0.2, 0.25) is 5.91 Å². The highest BCUT2D eigenvalue weighted by Crippen LogP contribution is 2.32. The fraction of sp³-hybridized carbons (Fsp3) is 0.360. The van der Waals surface area contributed by atoms with Crippen LogP contribution in [0.15, 0.2) is 54.7 Å². The van der Waals surface area contributed by atoms with E-state index in [1.165, 1.54) is 11.1 Å². The van der Waals surface area contributed by atoms with E-state index in [4.69, 9.17) is 4.74 Å². The number of pyridine rings is 1. The number of methoxy groups -OCH3 is 1. The molecule has 30 heavy (non-hydrogen) atoms. The third kappa shape index (κ3) is 3.49. The molecule has 0 saturated carbocycles. The number of carbonyl (C=O) groups excluding carboxylic acids is 1. The zero-order valence-corrected chi connectivity index (χ0v) is 17.4. The van der Waals surface area contributed by atoms with Crippen LogP contribution in [0.1, 0.15) is 24.0 Å². The minimum atomic E-state index is 0.0397. The molecule has 5 rings (SSSR count). The van der Waals surface area contributed by atoms with Crippen LogP contribution in [0.4, 0.5) is 5.69 Å². The molecule has 1 unspecified atom stereocenters. The van der Waals surface area contributed by atoms with Crippen LogP contribution in [0, 0.1) is 5.92 Å². The molecular weight excluding hydrogens is 374 g/mol. The summed E-state index contributed by atoms with van der Waals surface area (Å²) < 4.78 is 5.42. The molecule has 1 amide bonds. The first-order chi connectivity index (χ1) is 14.7. The lowest BCUT2D eigenvalue weighted by Gasteiger charge is -2.38. The number of hydrogen-bond acceptors (Lipinski definition) is 4. The van der Waals surface area contributed by atoms with Crippen LogP contribution >= 0.6 is 0 Å². The topological polar surface area (TPSA) is 45.7 Å². The number of ether oxygens (including phenoxy) is 1. The number of hydrogen-bond donors (Lipinski definition) is 0. The van der Waals surface area contributed by atoms with Gasteiger partial charge < -0.3 is 14.5 Å². The molecule has 0 radical (unpaired) electrons. The highest BCUT2D eigenvalue weighted by Gasteiger charge is 2.31. The first-order valence-corrected chi connectivity index (χ1v) is 10.8. The molecule has 5 heteroatoms. The summed E-state index contributed by atoms with van der Waals surface area (Å²) in [5, 5.41) is 1.08. The summed E-state index contributed by atoms with van der Waals surface area (Å²) in [6, 6.07) is 16.5. The average Bonchev–Trinajstić information content (AvgIpc) is 2.82. The largest absolute Gasteiger partial charge is 0.497 e. The van der Waals surface area contributed by atoms with Gasteiger partial charge in [-0.15, -0.1) is 0 Å². The minimum absolute atomic E-state index is 0.0397. The number of anilines is 1. The Hall–Kier alpha value is -3.08. The summed E-state index contributed by atoms with van der Waals surface area (Å²) in [5.74, 6) is 1.16. The van der Waals surface area contributed by atoms with Crippen molar-refractivity contribution < 1.29 is 9.53 Å². The number of aromatic nitrogens is 1. The summed E-state index contributed by atoms with van der Waals surface area (Å²) >= 11 is 0. The molecule has 2 aliphatic rings. The van der Waals surface area contributed by atoms with Crippen molar-refractivity contribution in [2.75, 3.05) is 31.6 Å². The van der Waals surface area contributed by atoms with Gasteiger partial charge in [0.1, 0.15) is 5.75 Å². The van der Waals surface area contributed by atoms with Crippen molar-refractivity contribution in [3.63, 3.8) is 0 Å². The molecule has 1 saturated heterocycles. The molecular formula is C25H27N3O2. The van der Waals surface area contributed by atoms with Crippen molar-refractivity contribution >= 4 is 22.5 Å². The van der Waals surface area contributed by atoms with Crippen LogP contribution < -0.4 is 9.64 Å². The van der Waals surface area contributed by atoms with Gasteiger partial charge in [0.15, 0.2) is 0 Å². The predicted molar refractivity (Wildman–Crippen MR) is 119 cm³/mol. The summed E-state index contributed by atoms with van der Waals surface area (Å²) in [5.41, 5.74) is 4.76. The van der Waals surface area contributed by atoms with Crippen molar-refractivity contribution in [2.24, 2.45) is 5.92 Å². The number of nitrogens with zero attached hydrogens (tertiary/aromatic N) is 3. The second-order valence-electron chi connectivity index (χ2n) is 8.28. The maximum atomic E-state index is 13.4. The van der Waals surface area contributed by atoms with Crippen molar-refractivity contribution in [3.05, 3.63) is 65.9 Å². The standard InChI is InChI=1S/C25H27N3O2/c1-30-21-8-9-23-22(15-21)24(10-12-26-23)27-13-4-7-20(17-27)25(29)28-14-11-18-5-2-3-6-19(18)16-28/h2-3,5-6,8-10,12,15,20H,4,7,11,13-14,16-17H2,1H3. The van der Waals surface area contributed by atoms with Gasteiger partial charge in [-0.25, -0.2) is 0 Å². The SMILES string of the molecule is COc1ccc2nccc(N3CCCC(C(=O)N4CCc5ccccc5C4)C3)c2c1. The Balaban J connectivity index is 1.37. The first-order valence-electron chi connectivity index (χ1n) is 10.8. The molecule has 1 aromatic heterocycles. The monoisotopic (exact) mass is 401 g/mol. The number of rotatable bonds is 3. The molecule has 154 valence electrons. The Bertz CT molecular complexity index is 1080. The van der Waals surface area contributed by atoms with Gasteiger partial charge in [0.25, 0.3) is 0 Å². The highest BCUT2D eigenvalue weighted by atomic mass is 16.5. The third-order valence-corrected chi connectivity index (χ3v) is 6.48. The number of fused-ring (bicyclic) bond motifs is 2. The molecule has 2 aliphatic heterocycles. The van der Waals surface area contributed by atoms with E-state index in [1.807, 2.05) is 24.4 Å².